The van der Waals surface area contributed by atoms with Gasteiger partial charge < -0.3 is 9.67 Å². The fourth-order valence-electron chi connectivity index (χ4n) is 5.82. The van der Waals surface area contributed by atoms with Crippen LogP contribution in [0.1, 0.15) is 72.8 Å². The van der Waals surface area contributed by atoms with Crippen molar-refractivity contribution in [1.82, 2.24) is 9.55 Å². The van der Waals surface area contributed by atoms with E-state index in [1.807, 2.05) is 24.3 Å². The standard InChI is InChI=1S/C33H32FN3O4S2/c1-33(12-2-3-13-33)14-11-21-5-4-6-24(15-21)28-18-25(31-36-27(20-42-31)32(38)39)29(17-22-7-8-22)37(28)19-23-9-10-30(26(34)16-23)43(35,40)41/h4-6,9-10,15-16,18,20,22H,2-3,7-8,12-13,17,19H2,1H3,(H,38,39)(H2,35,40,41). The predicted molar refractivity (Wildman–Crippen MR) is 165 cm³/mol. The number of hydrogen-bond acceptors (Lipinski definition) is 5. The minimum absolute atomic E-state index is 0.00925. The quantitative estimate of drug-likeness (QED) is 0.214. The van der Waals surface area contributed by atoms with E-state index in [-0.39, 0.29) is 17.7 Å². The van der Waals surface area contributed by atoms with Gasteiger partial charge >= 0.3 is 5.97 Å². The van der Waals surface area contributed by atoms with E-state index in [0.717, 1.165) is 60.2 Å². The van der Waals surface area contributed by atoms with Crippen molar-refractivity contribution in [2.24, 2.45) is 16.5 Å². The van der Waals surface area contributed by atoms with Gasteiger partial charge in [-0.15, -0.1) is 11.3 Å². The molecule has 0 amide bonds. The summed E-state index contributed by atoms with van der Waals surface area (Å²) in [5.41, 5.74) is 5.10. The highest BCUT2D eigenvalue weighted by Crippen LogP contribution is 2.41. The van der Waals surface area contributed by atoms with Crippen molar-refractivity contribution in [3.8, 4) is 33.7 Å². The van der Waals surface area contributed by atoms with Crippen LogP contribution < -0.4 is 5.14 Å². The molecule has 3 N–H and O–H groups in total. The number of hydrogen-bond donors (Lipinski definition) is 2. The number of rotatable bonds is 8. The minimum Gasteiger partial charge on any atom is -0.476 e. The average molecular weight is 618 g/mol. The van der Waals surface area contributed by atoms with Gasteiger partial charge in [-0.3, -0.25) is 0 Å². The van der Waals surface area contributed by atoms with Crippen molar-refractivity contribution in [3.63, 3.8) is 0 Å². The van der Waals surface area contributed by atoms with Crippen molar-refractivity contribution >= 4 is 27.3 Å². The molecule has 0 saturated heterocycles. The zero-order valence-corrected chi connectivity index (χ0v) is 25.4. The molecule has 2 aromatic carbocycles. The molecule has 2 saturated carbocycles. The van der Waals surface area contributed by atoms with Crippen LogP contribution in [0.25, 0.3) is 21.8 Å². The van der Waals surface area contributed by atoms with Gasteiger partial charge in [0.1, 0.15) is 15.7 Å². The summed E-state index contributed by atoms with van der Waals surface area (Å²) >= 11 is 1.28. The number of aromatic nitrogens is 2. The van der Waals surface area contributed by atoms with Crippen LogP contribution in [0.15, 0.2) is 58.8 Å². The van der Waals surface area contributed by atoms with E-state index in [1.54, 1.807) is 6.07 Å². The summed E-state index contributed by atoms with van der Waals surface area (Å²) in [6.07, 6.45) is 7.55. The lowest BCUT2D eigenvalue weighted by molar-refractivity contribution is 0.0691. The Labute approximate surface area is 254 Å². The molecule has 0 unspecified atom stereocenters. The molecule has 7 nitrogen and oxygen atoms in total. The maximum Gasteiger partial charge on any atom is 0.355 e. The number of benzene rings is 2. The number of nitrogens with zero attached hydrogens (tertiary/aromatic N) is 2. The first-order chi connectivity index (χ1) is 20.5. The van der Waals surface area contributed by atoms with E-state index in [1.165, 1.54) is 41.7 Å². The van der Waals surface area contributed by atoms with Crippen LogP contribution in [-0.2, 0) is 23.0 Å². The first kappa shape index (κ1) is 29.3. The second-order valence-electron chi connectivity index (χ2n) is 11.9. The second kappa shape index (κ2) is 11.4. The summed E-state index contributed by atoms with van der Waals surface area (Å²) in [7, 11) is -4.20. The first-order valence-corrected chi connectivity index (χ1v) is 16.8. The molecule has 0 radical (unpaired) electrons. The van der Waals surface area contributed by atoms with Gasteiger partial charge in [-0.25, -0.2) is 27.7 Å². The Bertz CT molecular complexity index is 1890. The van der Waals surface area contributed by atoms with Crippen LogP contribution in [0.4, 0.5) is 4.39 Å². The summed E-state index contributed by atoms with van der Waals surface area (Å²) in [6, 6.07) is 14.0. The van der Waals surface area contributed by atoms with E-state index < -0.39 is 26.7 Å². The number of carboxylic acid groups (broad SMARTS) is 1. The highest BCUT2D eigenvalue weighted by atomic mass is 32.2. The maximum absolute atomic E-state index is 14.9. The van der Waals surface area contributed by atoms with Crippen LogP contribution in [-0.4, -0.2) is 29.0 Å². The second-order valence-corrected chi connectivity index (χ2v) is 14.3. The third-order valence-electron chi connectivity index (χ3n) is 8.36. The van der Waals surface area contributed by atoms with Gasteiger partial charge in [-0.2, -0.15) is 0 Å². The summed E-state index contributed by atoms with van der Waals surface area (Å²) in [5.74, 6) is 5.40. The van der Waals surface area contributed by atoms with Crippen molar-refractivity contribution in [3.05, 3.63) is 82.2 Å². The number of halogens is 1. The number of aromatic carboxylic acids is 1. The van der Waals surface area contributed by atoms with Gasteiger partial charge in [0.05, 0.1) is 0 Å². The summed E-state index contributed by atoms with van der Waals surface area (Å²) in [5, 5.41) is 16.9. The molecule has 2 fully saturated rings. The monoisotopic (exact) mass is 617 g/mol. The summed E-state index contributed by atoms with van der Waals surface area (Å²) < 4.78 is 40.6. The van der Waals surface area contributed by atoms with E-state index >= 15 is 0 Å². The largest absolute Gasteiger partial charge is 0.476 e. The van der Waals surface area contributed by atoms with Gasteiger partial charge in [-0.1, -0.05) is 42.9 Å². The molecule has 2 aliphatic carbocycles. The molecule has 2 aliphatic rings. The number of carbonyl (C=O) groups is 1. The summed E-state index contributed by atoms with van der Waals surface area (Å²) in [6.45, 7) is 2.49. The van der Waals surface area contributed by atoms with E-state index in [4.69, 9.17) is 5.14 Å². The molecular weight excluding hydrogens is 586 g/mol. The fourth-order valence-corrected chi connectivity index (χ4v) is 7.24. The van der Waals surface area contributed by atoms with Gasteiger partial charge in [0.25, 0.3) is 0 Å². The molecule has 10 heteroatoms. The Morgan fingerprint density at radius 3 is 2.60 bits per heavy atom. The Morgan fingerprint density at radius 2 is 1.95 bits per heavy atom. The van der Waals surface area contributed by atoms with Crippen LogP contribution in [0.5, 0.6) is 0 Å². The lowest BCUT2D eigenvalue weighted by Crippen LogP contribution is -2.14. The highest BCUT2D eigenvalue weighted by Gasteiger charge is 2.29. The van der Waals surface area contributed by atoms with Crippen molar-refractivity contribution < 1.29 is 22.7 Å². The van der Waals surface area contributed by atoms with Crippen LogP contribution in [0.2, 0.25) is 0 Å². The molecular formula is C33H32FN3O4S2. The lowest BCUT2D eigenvalue weighted by Gasteiger charge is -2.16. The maximum atomic E-state index is 14.9. The van der Waals surface area contributed by atoms with Gasteiger partial charge in [0.15, 0.2) is 5.69 Å². The van der Waals surface area contributed by atoms with Crippen molar-refractivity contribution in [2.75, 3.05) is 0 Å². The van der Waals surface area contributed by atoms with Crippen LogP contribution in [0.3, 0.4) is 0 Å². The minimum atomic E-state index is -4.20. The van der Waals surface area contributed by atoms with Crippen molar-refractivity contribution in [1.29, 1.82) is 0 Å². The van der Waals surface area contributed by atoms with Gasteiger partial charge in [-0.05, 0) is 86.4 Å². The van der Waals surface area contributed by atoms with Gasteiger partial charge in [0, 0.05) is 39.9 Å². The molecule has 0 aliphatic heterocycles. The zero-order valence-electron chi connectivity index (χ0n) is 23.8. The van der Waals surface area contributed by atoms with Gasteiger partial charge in [0.2, 0.25) is 10.0 Å². The molecule has 222 valence electrons. The molecule has 6 rings (SSSR count). The van der Waals surface area contributed by atoms with E-state index in [0.29, 0.717) is 16.5 Å². The first-order valence-electron chi connectivity index (χ1n) is 14.4. The number of nitrogens with two attached hydrogens (primary N) is 1. The molecule has 2 heterocycles. The van der Waals surface area contributed by atoms with E-state index in [9.17, 15) is 22.7 Å². The third kappa shape index (κ3) is 6.44. The average Bonchev–Trinajstić information content (AvgIpc) is 3.29. The molecule has 0 atom stereocenters. The third-order valence-corrected chi connectivity index (χ3v) is 10.2. The Hall–Kier alpha value is -3.78. The SMILES string of the molecule is CC1(C#Cc2cccc(-c3cc(-c4nc(C(=O)O)cs4)c(CC4CC4)n3Cc3ccc(S(N)(=O)=O)c(F)c3)c2)CCCC1. The van der Waals surface area contributed by atoms with Crippen LogP contribution in [0, 0.1) is 29.0 Å². The van der Waals surface area contributed by atoms with E-state index in [2.05, 4.69) is 34.4 Å². The predicted octanol–water partition coefficient (Wildman–Crippen LogP) is 6.70. The molecule has 2 aromatic heterocycles. The number of sulfonamides is 1. The lowest BCUT2D eigenvalue weighted by atomic mass is 9.89. The Balaban J connectivity index is 1.48. The summed E-state index contributed by atoms with van der Waals surface area (Å²) in [4.78, 5) is 15.5. The fraction of sp³-hybridized carbons (Fsp3) is 0.333. The zero-order chi connectivity index (χ0) is 30.4. The Kier molecular flexibility index (Phi) is 7.75. The normalized spacial score (nSPS) is 16.2. The number of carboxylic acids is 1. The highest BCUT2D eigenvalue weighted by molar-refractivity contribution is 7.89. The van der Waals surface area contributed by atoms with Crippen LogP contribution >= 0.6 is 11.3 Å². The number of thiazole rings is 1. The molecule has 0 bridgehead atoms. The smallest absolute Gasteiger partial charge is 0.355 e. The number of primary sulfonamides is 1. The molecule has 4 aromatic rings. The topological polar surface area (TPSA) is 115 Å². The Morgan fingerprint density at radius 1 is 1.19 bits per heavy atom. The van der Waals surface area contributed by atoms with Crippen molar-refractivity contribution in [2.45, 2.75) is 63.3 Å². The molecule has 43 heavy (non-hydrogen) atoms. The molecule has 0 spiro atoms.